The number of hydrogen-bond acceptors (Lipinski definition) is 18. The number of nitrogens with one attached hydrogen (secondary N) is 4. The van der Waals surface area contributed by atoms with Gasteiger partial charge in [0.2, 0.25) is 23.6 Å². The third kappa shape index (κ3) is 22.3. The molecule has 0 unspecified atom stereocenters. The lowest BCUT2D eigenvalue weighted by Crippen LogP contribution is -2.57. The van der Waals surface area contributed by atoms with Crippen molar-refractivity contribution in [2.45, 2.75) is 131 Å². The van der Waals surface area contributed by atoms with E-state index >= 15 is 0 Å². The molecular weight excluding hydrogens is 1250 g/mol. The summed E-state index contributed by atoms with van der Waals surface area (Å²) in [5.74, 6) is -1.31. The standard InChI is InChI=1S/C72H101N9O14S/c1-9-80(58-18-26-89-27-19-58)62-42-57(41-60(51(62)4)68(85)74-45-61-49(2)40-50(3)76-69(61)86)55-14-12-54(13-15-55)46-78-22-24-79(25-23-78)65(84)21-29-91-31-33-93-35-37-95-39-38-94-36-34-92-32-30-90-28-20-64(83)77-67(72(6,7)8)71(88)81-47-59(82)43-63(81)70(87)73-44-53-10-16-56(17-11-53)66-52(5)75-48-96-66/h10-17,40-42,48,58-59,63,67,82H,9,18-39,43-47H2,1-8H3,(H,73,87)(H,74,85)(H,76,86)(H,77,83)/t59-,63-,67-/m1/s1. The smallest absolute Gasteiger partial charge is 0.253 e. The van der Waals surface area contributed by atoms with E-state index in [1.54, 1.807) is 11.3 Å². The van der Waals surface area contributed by atoms with E-state index in [4.69, 9.17) is 33.2 Å². The predicted octanol–water partition coefficient (Wildman–Crippen LogP) is 6.67. The van der Waals surface area contributed by atoms with Crippen LogP contribution in [-0.2, 0) is 72.0 Å². The number of pyridine rings is 1. The van der Waals surface area contributed by atoms with Gasteiger partial charge in [0.1, 0.15) is 12.1 Å². The molecule has 0 aliphatic carbocycles. The first-order valence-corrected chi connectivity index (χ1v) is 34.7. The maximum Gasteiger partial charge on any atom is 0.253 e. The van der Waals surface area contributed by atoms with Crippen LogP contribution in [0, 0.1) is 33.1 Å². The molecular formula is C72H101N9O14S. The van der Waals surface area contributed by atoms with E-state index in [2.05, 4.69) is 73.0 Å². The van der Waals surface area contributed by atoms with Crippen LogP contribution in [0.5, 0.6) is 0 Å². The fourth-order valence-corrected chi connectivity index (χ4v) is 13.1. The highest BCUT2D eigenvalue weighted by atomic mass is 32.1. The van der Waals surface area contributed by atoms with Gasteiger partial charge in [0.25, 0.3) is 11.5 Å². The molecule has 3 aliphatic heterocycles. The van der Waals surface area contributed by atoms with E-state index in [9.17, 15) is 33.9 Å². The van der Waals surface area contributed by atoms with Gasteiger partial charge in [0.15, 0.2) is 0 Å². The van der Waals surface area contributed by atoms with Crippen LogP contribution in [0.1, 0.15) is 109 Å². The van der Waals surface area contributed by atoms with Crippen molar-refractivity contribution in [3.63, 3.8) is 0 Å². The number of aromatic nitrogens is 2. The zero-order valence-corrected chi connectivity index (χ0v) is 58.3. The second-order valence-corrected chi connectivity index (χ2v) is 26.8. The fraction of sp³-hybridized carbons (Fsp3) is 0.569. The molecule has 5 amide bonds. The van der Waals surface area contributed by atoms with Crippen molar-refractivity contribution in [3.8, 4) is 21.6 Å². The monoisotopic (exact) mass is 1350 g/mol. The molecule has 0 spiro atoms. The summed E-state index contributed by atoms with van der Waals surface area (Å²) >= 11 is 1.57. The number of hydrogen-bond donors (Lipinski definition) is 5. The number of benzene rings is 3. The first-order chi connectivity index (χ1) is 46.3. The highest BCUT2D eigenvalue weighted by Crippen LogP contribution is 2.35. The normalized spacial score (nSPS) is 16.6. The minimum atomic E-state index is -0.938. The second kappa shape index (κ2) is 37.7. The molecule has 3 saturated heterocycles. The number of aliphatic hydroxyl groups is 1. The molecule has 5 N–H and O–H groups in total. The maximum absolute atomic E-state index is 14.0. The summed E-state index contributed by atoms with van der Waals surface area (Å²) in [5, 5.41) is 19.4. The van der Waals surface area contributed by atoms with Crippen molar-refractivity contribution in [2.24, 2.45) is 5.41 Å². The largest absolute Gasteiger partial charge is 0.391 e. The number of H-pyrrole nitrogens is 1. The Labute approximate surface area is 569 Å². The van der Waals surface area contributed by atoms with Gasteiger partial charge in [0, 0.05) is 114 Å². The summed E-state index contributed by atoms with van der Waals surface area (Å²) in [4.78, 5) is 96.8. The molecule has 0 bridgehead atoms. The molecule has 3 aromatic carbocycles. The van der Waals surface area contributed by atoms with E-state index < -0.39 is 29.5 Å². The van der Waals surface area contributed by atoms with Crippen molar-refractivity contribution in [3.05, 3.63) is 127 Å². The molecule has 3 fully saturated rings. The topological polar surface area (TPSA) is 265 Å². The number of aliphatic hydroxyl groups excluding tert-OH is 1. The van der Waals surface area contributed by atoms with Gasteiger partial charge in [-0.2, -0.15) is 0 Å². The summed E-state index contributed by atoms with van der Waals surface area (Å²) in [6.07, 6.45) is 1.38. The summed E-state index contributed by atoms with van der Waals surface area (Å²) in [6, 6.07) is 21.0. The third-order valence-corrected chi connectivity index (χ3v) is 18.7. The van der Waals surface area contributed by atoms with Gasteiger partial charge in [-0.25, -0.2) is 4.98 Å². The number of thiazole rings is 1. The van der Waals surface area contributed by atoms with Crippen LogP contribution in [-0.4, -0.2) is 215 Å². The Hall–Kier alpha value is -6.97. The average molecular weight is 1350 g/mol. The molecule has 2 aromatic heterocycles. The first-order valence-electron chi connectivity index (χ1n) is 33.8. The fourth-order valence-electron chi connectivity index (χ4n) is 12.3. The lowest BCUT2D eigenvalue weighted by atomic mass is 9.85. The quantitative estimate of drug-likeness (QED) is 0.0262. The van der Waals surface area contributed by atoms with Crippen molar-refractivity contribution < 1.29 is 62.2 Å². The molecule has 3 atom stereocenters. The van der Waals surface area contributed by atoms with Crippen molar-refractivity contribution in [2.75, 3.05) is 137 Å². The lowest BCUT2D eigenvalue weighted by molar-refractivity contribution is -0.144. The third-order valence-electron chi connectivity index (χ3n) is 17.7. The lowest BCUT2D eigenvalue weighted by Gasteiger charge is -2.37. The van der Waals surface area contributed by atoms with Crippen molar-refractivity contribution in [1.29, 1.82) is 0 Å². The van der Waals surface area contributed by atoms with Gasteiger partial charge in [-0.15, -0.1) is 11.3 Å². The van der Waals surface area contributed by atoms with Gasteiger partial charge in [-0.05, 0) is 110 Å². The first kappa shape index (κ1) is 74.8. The zero-order chi connectivity index (χ0) is 68.6. The Morgan fingerprint density at radius 3 is 1.89 bits per heavy atom. The number of amides is 5. The van der Waals surface area contributed by atoms with Gasteiger partial charge < -0.3 is 73.9 Å². The van der Waals surface area contributed by atoms with Crippen LogP contribution in [0.4, 0.5) is 5.69 Å². The van der Waals surface area contributed by atoms with E-state index in [1.165, 1.54) is 10.5 Å². The van der Waals surface area contributed by atoms with Crippen molar-refractivity contribution in [1.82, 2.24) is 40.6 Å². The van der Waals surface area contributed by atoms with E-state index in [0.29, 0.717) is 116 Å². The molecule has 0 saturated carbocycles. The number of aryl methyl sites for hydroxylation is 3. The summed E-state index contributed by atoms with van der Waals surface area (Å²) in [7, 11) is 0. The minimum absolute atomic E-state index is 0.0115. The van der Waals surface area contributed by atoms with Crippen LogP contribution >= 0.6 is 11.3 Å². The number of β-amino-alcohol motifs (C(OH)–C–C–N with tert-alkyl or cyclic N) is 1. The molecule has 5 aromatic rings. The zero-order valence-electron chi connectivity index (χ0n) is 57.4. The van der Waals surface area contributed by atoms with Crippen LogP contribution in [0.15, 0.2) is 77.0 Å². The van der Waals surface area contributed by atoms with Gasteiger partial charge >= 0.3 is 0 Å². The van der Waals surface area contributed by atoms with Gasteiger partial charge in [0.05, 0.1) is 108 Å². The Morgan fingerprint density at radius 2 is 1.31 bits per heavy atom. The van der Waals surface area contributed by atoms with E-state index in [-0.39, 0.29) is 74.9 Å². The molecule has 0 radical (unpaired) electrons. The van der Waals surface area contributed by atoms with Crippen LogP contribution < -0.4 is 26.4 Å². The van der Waals surface area contributed by atoms with Crippen LogP contribution in [0.25, 0.3) is 21.6 Å². The highest BCUT2D eigenvalue weighted by molar-refractivity contribution is 7.13. The molecule has 8 rings (SSSR count). The number of carbonyl (C=O) groups is 5. The summed E-state index contributed by atoms with van der Waals surface area (Å²) < 4.78 is 39.5. The highest BCUT2D eigenvalue weighted by Gasteiger charge is 2.44. The maximum atomic E-state index is 14.0. The Kier molecular flexibility index (Phi) is 29.4. The van der Waals surface area contributed by atoms with Gasteiger partial charge in [-0.1, -0.05) is 69.3 Å². The van der Waals surface area contributed by atoms with Crippen LogP contribution in [0.3, 0.4) is 0 Å². The predicted molar refractivity (Wildman–Crippen MR) is 369 cm³/mol. The molecule has 3 aliphatic rings. The number of likely N-dealkylation sites (tertiary alicyclic amines) is 1. The Balaban J connectivity index is 0.622. The van der Waals surface area contributed by atoms with Crippen molar-refractivity contribution >= 4 is 46.6 Å². The molecule has 524 valence electrons. The van der Waals surface area contributed by atoms with Gasteiger partial charge in [-0.3, -0.25) is 33.7 Å². The van der Waals surface area contributed by atoms with E-state index in [1.807, 2.05) is 95.3 Å². The molecule has 24 heteroatoms. The summed E-state index contributed by atoms with van der Waals surface area (Å²) in [5.41, 5.74) is 11.6. The number of nitrogens with zero attached hydrogens (tertiary/aromatic N) is 5. The van der Waals surface area contributed by atoms with Crippen LogP contribution in [0.2, 0.25) is 0 Å². The SMILES string of the molecule is CCN(c1cc(-c2ccc(CN3CCN(C(=O)CCOCCOCCOCCOCCOCCOCCC(=O)N[C@H](C(=O)N4C[C@H](O)C[C@@H]4C(=O)NCc4ccc(-c5scnc5C)cc4)C(C)(C)C)CC3)cc2)cc(C(=O)NCc2c(C)cc(C)[nH]c2=O)c1C)C1CCOCC1. The number of carbonyl (C=O) groups excluding carboxylic acids is 5. The number of aromatic amines is 1. The second-order valence-electron chi connectivity index (χ2n) is 25.9. The molecule has 5 heterocycles. The summed E-state index contributed by atoms with van der Waals surface area (Å²) in [6.45, 7) is 25.7. The Morgan fingerprint density at radius 1 is 0.729 bits per heavy atom. The number of rotatable bonds is 36. The molecule has 96 heavy (non-hydrogen) atoms. The molecule has 23 nitrogen and oxygen atoms in total. The number of ether oxygens (including phenoxy) is 7. The minimum Gasteiger partial charge on any atom is -0.391 e. The average Bonchev–Trinajstić information content (AvgIpc) is 0.858. The Bertz CT molecular complexity index is 3360. The van der Waals surface area contributed by atoms with E-state index in [0.717, 1.165) is 94.4 Å². The number of piperazine rings is 1. The number of anilines is 1.